The number of hydrogen-bond acceptors (Lipinski definition) is 6. The third-order valence-corrected chi connectivity index (χ3v) is 6.29. The zero-order chi connectivity index (χ0) is 22.0. The number of aryl methyl sites for hydroxylation is 1. The van der Waals surface area contributed by atoms with Crippen LogP contribution in [0.1, 0.15) is 36.6 Å². The lowest BCUT2D eigenvalue weighted by atomic mass is 9.95. The van der Waals surface area contributed by atoms with Crippen molar-refractivity contribution in [2.45, 2.75) is 37.7 Å². The number of ether oxygens (including phenoxy) is 1. The minimum Gasteiger partial charge on any atom is -0.463 e. The Hall–Kier alpha value is -2.77. The van der Waals surface area contributed by atoms with Gasteiger partial charge in [-0.1, -0.05) is 71.4 Å². The first-order valence-corrected chi connectivity index (χ1v) is 11.4. The average Bonchev–Trinajstić information content (AvgIpc) is 3.15. The number of nitrogens with one attached hydrogen (secondary N) is 1. The SMILES string of the molecule is CCOC(=O)C1=C(C)Nc2nc(SCc3ccccc3Cl)nn2C1c1ccc(C)cc1. The Bertz CT molecular complexity index is 1140. The first kappa shape index (κ1) is 21.5. The second-order valence-electron chi connectivity index (χ2n) is 7.24. The van der Waals surface area contributed by atoms with Gasteiger partial charge in [0.15, 0.2) is 0 Å². The van der Waals surface area contributed by atoms with Crippen molar-refractivity contribution < 1.29 is 9.53 Å². The highest BCUT2D eigenvalue weighted by molar-refractivity contribution is 7.98. The topological polar surface area (TPSA) is 69.0 Å². The van der Waals surface area contributed by atoms with Crippen LogP contribution in [-0.2, 0) is 15.3 Å². The van der Waals surface area contributed by atoms with Gasteiger partial charge in [-0.05, 0) is 38.0 Å². The van der Waals surface area contributed by atoms with Crippen LogP contribution in [-0.4, -0.2) is 27.3 Å². The quantitative estimate of drug-likeness (QED) is 0.398. The number of rotatable bonds is 6. The molecule has 31 heavy (non-hydrogen) atoms. The number of fused-ring (bicyclic) bond motifs is 1. The van der Waals surface area contributed by atoms with Gasteiger partial charge in [0.1, 0.15) is 6.04 Å². The molecule has 3 aromatic rings. The molecule has 0 amide bonds. The highest BCUT2D eigenvalue weighted by Crippen LogP contribution is 2.37. The highest BCUT2D eigenvalue weighted by atomic mass is 35.5. The lowest BCUT2D eigenvalue weighted by Gasteiger charge is -2.28. The van der Waals surface area contributed by atoms with Crippen LogP contribution in [0.25, 0.3) is 0 Å². The van der Waals surface area contributed by atoms with E-state index in [-0.39, 0.29) is 5.97 Å². The Morgan fingerprint density at radius 3 is 2.65 bits per heavy atom. The number of halogens is 1. The van der Waals surface area contributed by atoms with E-state index in [1.54, 1.807) is 11.6 Å². The van der Waals surface area contributed by atoms with Crippen molar-refractivity contribution in [2.75, 3.05) is 11.9 Å². The van der Waals surface area contributed by atoms with E-state index in [0.29, 0.717) is 34.7 Å². The van der Waals surface area contributed by atoms with Crippen molar-refractivity contribution in [3.63, 3.8) is 0 Å². The fraction of sp³-hybridized carbons (Fsp3) is 0.261. The normalized spacial score (nSPS) is 15.4. The van der Waals surface area contributed by atoms with Crippen LogP contribution >= 0.6 is 23.4 Å². The van der Waals surface area contributed by atoms with Crippen molar-refractivity contribution in [3.05, 3.63) is 81.5 Å². The summed E-state index contributed by atoms with van der Waals surface area (Å²) in [7, 11) is 0. The number of benzene rings is 2. The van der Waals surface area contributed by atoms with Crippen molar-refractivity contribution >= 4 is 35.3 Å². The minimum absolute atomic E-state index is 0.305. The number of hydrogen-bond donors (Lipinski definition) is 1. The first-order valence-electron chi connectivity index (χ1n) is 10.0. The molecule has 0 fully saturated rings. The molecule has 0 bridgehead atoms. The lowest BCUT2D eigenvalue weighted by Crippen LogP contribution is -2.29. The van der Waals surface area contributed by atoms with Crippen molar-refractivity contribution in [1.82, 2.24) is 14.8 Å². The molecule has 0 radical (unpaired) electrons. The number of anilines is 1. The second-order valence-corrected chi connectivity index (χ2v) is 8.59. The van der Waals surface area contributed by atoms with Gasteiger partial charge in [0.2, 0.25) is 11.1 Å². The molecule has 1 aliphatic rings. The number of nitrogens with zero attached hydrogens (tertiary/aromatic N) is 3. The van der Waals surface area contributed by atoms with Gasteiger partial charge >= 0.3 is 5.97 Å². The zero-order valence-corrected chi connectivity index (χ0v) is 19.1. The van der Waals surface area contributed by atoms with Crippen LogP contribution in [0.2, 0.25) is 5.02 Å². The van der Waals surface area contributed by atoms with Gasteiger partial charge in [-0.25, -0.2) is 9.48 Å². The molecule has 0 aliphatic carbocycles. The Kier molecular flexibility index (Phi) is 6.34. The van der Waals surface area contributed by atoms with Crippen LogP contribution in [0.3, 0.4) is 0 Å². The molecule has 2 aromatic carbocycles. The van der Waals surface area contributed by atoms with E-state index in [9.17, 15) is 4.79 Å². The summed E-state index contributed by atoms with van der Waals surface area (Å²) in [6.07, 6.45) is 0. The van der Waals surface area contributed by atoms with Gasteiger partial charge in [-0.15, -0.1) is 5.10 Å². The molecule has 0 saturated carbocycles. The molecule has 6 nitrogen and oxygen atoms in total. The van der Waals surface area contributed by atoms with E-state index in [2.05, 4.69) is 10.3 Å². The molecule has 1 atom stereocenters. The second kappa shape index (κ2) is 9.16. The molecule has 1 unspecified atom stereocenters. The van der Waals surface area contributed by atoms with Crippen molar-refractivity contribution in [3.8, 4) is 0 Å². The number of thioether (sulfide) groups is 1. The zero-order valence-electron chi connectivity index (χ0n) is 17.6. The predicted molar refractivity (Wildman–Crippen MR) is 123 cm³/mol. The molecular weight excluding hydrogens is 432 g/mol. The summed E-state index contributed by atoms with van der Waals surface area (Å²) in [6.45, 7) is 6.00. The molecule has 1 N–H and O–H groups in total. The predicted octanol–water partition coefficient (Wildman–Crippen LogP) is 5.38. The number of allylic oxidation sites excluding steroid dienone is 1. The maximum absolute atomic E-state index is 12.8. The van der Waals surface area contributed by atoms with Gasteiger partial charge in [0.05, 0.1) is 12.2 Å². The van der Waals surface area contributed by atoms with E-state index >= 15 is 0 Å². The van der Waals surface area contributed by atoms with Crippen LogP contribution in [0.5, 0.6) is 0 Å². The first-order chi connectivity index (χ1) is 15.0. The molecule has 1 aromatic heterocycles. The van der Waals surface area contributed by atoms with E-state index in [1.807, 2.05) is 62.4 Å². The molecule has 2 heterocycles. The molecule has 1 aliphatic heterocycles. The van der Waals surface area contributed by atoms with Crippen LogP contribution < -0.4 is 5.32 Å². The Morgan fingerprint density at radius 2 is 1.94 bits per heavy atom. The van der Waals surface area contributed by atoms with Crippen LogP contribution in [0.4, 0.5) is 5.95 Å². The van der Waals surface area contributed by atoms with Crippen LogP contribution in [0.15, 0.2) is 65.0 Å². The van der Waals surface area contributed by atoms with E-state index in [0.717, 1.165) is 21.7 Å². The standard InChI is InChI=1S/C23H23ClN4O2S/c1-4-30-21(29)19-15(3)25-22-26-23(31-13-17-7-5-6-8-18(17)24)27-28(22)20(19)16-11-9-14(2)10-12-16/h5-12,20H,4,13H2,1-3H3,(H,25,26,27). The lowest BCUT2D eigenvalue weighted by molar-refractivity contribution is -0.139. The monoisotopic (exact) mass is 454 g/mol. The maximum Gasteiger partial charge on any atom is 0.338 e. The van der Waals surface area contributed by atoms with Crippen LogP contribution in [0, 0.1) is 6.92 Å². The minimum atomic E-state index is -0.418. The number of carbonyl (C=O) groups is 1. The van der Waals surface area contributed by atoms with Crippen molar-refractivity contribution in [1.29, 1.82) is 0 Å². The van der Waals surface area contributed by atoms with E-state index in [4.69, 9.17) is 21.4 Å². The van der Waals surface area contributed by atoms with Gasteiger partial charge in [0, 0.05) is 16.5 Å². The molecule has 0 spiro atoms. The number of carbonyl (C=O) groups excluding carboxylic acids is 1. The third kappa shape index (κ3) is 4.48. The molecule has 160 valence electrons. The third-order valence-electron chi connectivity index (χ3n) is 5.04. The Labute approximate surface area is 190 Å². The molecule has 4 rings (SSSR count). The smallest absolute Gasteiger partial charge is 0.338 e. The fourth-order valence-corrected chi connectivity index (χ4v) is 4.60. The average molecular weight is 455 g/mol. The Morgan fingerprint density at radius 1 is 1.19 bits per heavy atom. The summed E-state index contributed by atoms with van der Waals surface area (Å²) in [5.74, 6) is 0.887. The van der Waals surface area contributed by atoms with Gasteiger partial charge < -0.3 is 10.1 Å². The van der Waals surface area contributed by atoms with E-state index in [1.165, 1.54) is 11.8 Å². The largest absolute Gasteiger partial charge is 0.463 e. The highest BCUT2D eigenvalue weighted by Gasteiger charge is 2.35. The summed E-state index contributed by atoms with van der Waals surface area (Å²) in [4.78, 5) is 17.5. The summed E-state index contributed by atoms with van der Waals surface area (Å²) in [5, 5.41) is 9.27. The van der Waals surface area contributed by atoms with Gasteiger partial charge in [0.25, 0.3) is 0 Å². The molecular formula is C23H23ClN4O2S. The van der Waals surface area contributed by atoms with E-state index < -0.39 is 6.04 Å². The van der Waals surface area contributed by atoms with Gasteiger partial charge in [-0.3, -0.25) is 0 Å². The number of esters is 1. The Balaban J connectivity index is 1.70. The summed E-state index contributed by atoms with van der Waals surface area (Å²) >= 11 is 7.78. The summed E-state index contributed by atoms with van der Waals surface area (Å²) < 4.78 is 7.11. The molecule has 0 saturated heterocycles. The van der Waals surface area contributed by atoms with Gasteiger partial charge in [-0.2, -0.15) is 4.98 Å². The maximum atomic E-state index is 12.8. The fourth-order valence-electron chi connectivity index (χ4n) is 3.48. The summed E-state index contributed by atoms with van der Waals surface area (Å²) in [6, 6.07) is 15.4. The number of aromatic nitrogens is 3. The van der Waals surface area contributed by atoms with Crippen molar-refractivity contribution in [2.24, 2.45) is 0 Å². The summed E-state index contributed by atoms with van der Waals surface area (Å²) in [5.41, 5.74) is 4.36. The molecule has 8 heteroatoms.